The van der Waals surface area contributed by atoms with Gasteiger partial charge in [0, 0.05) is 18.5 Å². The van der Waals surface area contributed by atoms with Crippen molar-refractivity contribution < 1.29 is 13.6 Å². The van der Waals surface area contributed by atoms with Crippen molar-refractivity contribution in [2.75, 3.05) is 0 Å². The maximum atomic E-state index is 13.5. The highest BCUT2D eigenvalue weighted by Gasteiger charge is 2.23. The lowest BCUT2D eigenvalue weighted by molar-refractivity contribution is 0.0955. The first kappa shape index (κ1) is 13.1. The van der Waals surface area contributed by atoms with Gasteiger partial charge in [0.05, 0.1) is 5.56 Å². The van der Waals surface area contributed by atoms with Gasteiger partial charge in [-0.15, -0.1) is 0 Å². The molecule has 2 nitrogen and oxygen atoms in total. The second-order valence-electron chi connectivity index (χ2n) is 4.92. The van der Waals surface area contributed by atoms with Gasteiger partial charge in [-0.2, -0.15) is 0 Å². The quantitative estimate of drug-likeness (QED) is 0.839. The van der Waals surface area contributed by atoms with Gasteiger partial charge >= 0.3 is 0 Å². The number of benzene rings is 1. The van der Waals surface area contributed by atoms with Crippen molar-refractivity contribution in [3.8, 4) is 0 Å². The Labute approximate surface area is 105 Å². The van der Waals surface area contributed by atoms with Crippen LogP contribution in [0.2, 0.25) is 0 Å². The van der Waals surface area contributed by atoms with Crippen LogP contribution in [0.25, 0.3) is 0 Å². The molecule has 1 aromatic rings. The second-order valence-corrected chi connectivity index (χ2v) is 4.92. The smallest absolute Gasteiger partial charge is 0.169 e. The van der Waals surface area contributed by atoms with Crippen molar-refractivity contribution in [3.63, 3.8) is 0 Å². The van der Waals surface area contributed by atoms with E-state index in [0.717, 1.165) is 25.3 Å². The van der Waals surface area contributed by atoms with E-state index in [2.05, 4.69) is 12.2 Å². The normalized spacial score (nSPS) is 23.9. The van der Waals surface area contributed by atoms with Crippen molar-refractivity contribution >= 4 is 5.78 Å². The number of rotatable bonds is 3. The predicted molar refractivity (Wildman–Crippen MR) is 65.5 cm³/mol. The maximum absolute atomic E-state index is 13.5. The molecule has 1 saturated heterocycles. The third-order valence-electron chi connectivity index (χ3n) is 3.39. The highest BCUT2D eigenvalue weighted by molar-refractivity contribution is 5.96. The van der Waals surface area contributed by atoms with E-state index in [1.165, 1.54) is 12.1 Å². The summed E-state index contributed by atoms with van der Waals surface area (Å²) in [4.78, 5) is 11.9. The molecule has 1 aliphatic rings. The van der Waals surface area contributed by atoms with Gasteiger partial charge in [-0.3, -0.25) is 4.79 Å². The van der Waals surface area contributed by atoms with Gasteiger partial charge < -0.3 is 5.32 Å². The highest BCUT2D eigenvalue weighted by atomic mass is 19.2. The molecule has 0 aromatic heterocycles. The summed E-state index contributed by atoms with van der Waals surface area (Å²) < 4.78 is 26.5. The molecule has 0 radical (unpaired) electrons. The minimum atomic E-state index is -1.04. The van der Waals surface area contributed by atoms with Crippen LogP contribution in [0.5, 0.6) is 0 Å². The molecule has 18 heavy (non-hydrogen) atoms. The average Bonchev–Trinajstić information content (AvgIpc) is 2.32. The molecule has 4 heteroatoms. The molecule has 1 fully saturated rings. The number of hydrogen-bond donors (Lipinski definition) is 1. The standard InChI is InChI=1S/C14H17F2NO/c1-9-4-2-5-10(17-9)8-13(18)11-6-3-7-12(15)14(11)16/h3,6-7,9-10,17H,2,4-5,8H2,1H3. The van der Waals surface area contributed by atoms with Crippen LogP contribution >= 0.6 is 0 Å². The summed E-state index contributed by atoms with van der Waals surface area (Å²) in [6.45, 7) is 2.07. The number of carbonyl (C=O) groups excluding carboxylic acids is 1. The molecular formula is C14H17F2NO. The monoisotopic (exact) mass is 253 g/mol. The average molecular weight is 253 g/mol. The number of hydrogen-bond acceptors (Lipinski definition) is 2. The number of halogens is 2. The Kier molecular flexibility index (Phi) is 4.07. The number of Topliss-reactive ketones (excluding diaryl/α,β-unsaturated/α-hetero) is 1. The topological polar surface area (TPSA) is 29.1 Å². The molecule has 0 bridgehead atoms. The summed E-state index contributed by atoms with van der Waals surface area (Å²) in [5.74, 6) is -2.34. The van der Waals surface area contributed by atoms with Crippen molar-refractivity contribution in [2.45, 2.75) is 44.7 Å². The van der Waals surface area contributed by atoms with Crippen LogP contribution in [0.4, 0.5) is 8.78 Å². The van der Waals surface area contributed by atoms with Gasteiger partial charge in [0.2, 0.25) is 0 Å². The molecule has 0 amide bonds. The molecule has 0 saturated carbocycles. The lowest BCUT2D eigenvalue weighted by atomic mass is 9.94. The lowest BCUT2D eigenvalue weighted by Crippen LogP contribution is -2.41. The van der Waals surface area contributed by atoms with E-state index in [-0.39, 0.29) is 23.8 Å². The Balaban J connectivity index is 2.05. The van der Waals surface area contributed by atoms with Crippen molar-refractivity contribution in [2.24, 2.45) is 0 Å². The van der Waals surface area contributed by atoms with Crippen LogP contribution in [0.3, 0.4) is 0 Å². The number of ketones is 1. The summed E-state index contributed by atoms with van der Waals surface area (Å²) >= 11 is 0. The fourth-order valence-electron chi connectivity index (χ4n) is 2.45. The second kappa shape index (κ2) is 5.57. The lowest BCUT2D eigenvalue weighted by Gasteiger charge is -2.28. The molecule has 1 aliphatic heterocycles. The van der Waals surface area contributed by atoms with Crippen molar-refractivity contribution in [3.05, 3.63) is 35.4 Å². The van der Waals surface area contributed by atoms with E-state index in [1.807, 2.05) is 0 Å². The fraction of sp³-hybridized carbons (Fsp3) is 0.500. The third kappa shape index (κ3) is 2.93. The van der Waals surface area contributed by atoms with Gasteiger partial charge in [0.15, 0.2) is 17.4 Å². The van der Waals surface area contributed by atoms with Gasteiger partial charge in [-0.25, -0.2) is 8.78 Å². The van der Waals surface area contributed by atoms with E-state index in [9.17, 15) is 13.6 Å². The van der Waals surface area contributed by atoms with E-state index in [1.54, 1.807) is 0 Å². The summed E-state index contributed by atoms with van der Waals surface area (Å²) in [6.07, 6.45) is 3.30. The van der Waals surface area contributed by atoms with Gasteiger partial charge in [-0.1, -0.05) is 12.5 Å². The first-order valence-corrected chi connectivity index (χ1v) is 6.31. The van der Waals surface area contributed by atoms with Crippen molar-refractivity contribution in [1.29, 1.82) is 0 Å². The molecular weight excluding hydrogens is 236 g/mol. The maximum Gasteiger partial charge on any atom is 0.169 e. The molecule has 2 atom stereocenters. The number of piperidine rings is 1. The molecule has 2 rings (SSSR count). The predicted octanol–water partition coefficient (Wildman–Crippen LogP) is 3.07. The number of carbonyl (C=O) groups is 1. The minimum absolute atomic E-state index is 0.0731. The Morgan fingerprint density at radius 2 is 2.17 bits per heavy atom. The SMILES string of the molecule is CC1CCCC(CC(=O)c2cccc(F)c2F)N1. The first-order valence-electron chi connectivity index (χ1n) is 6.31. The molecule has 1 heterocycles. The van der Waals surface area contributed by atoms with E-state index in [4.69, 9.17) is 0 Å². The zero-order chi connectivity index (χ0) is 13.1. The van der Waals surface area contributed by atoms with Crippen molar-refractivity contribution in [1.82, 2.24) is 5.32 Å². The largest absolute Gasteiger partial charge is 0.311 e. The van der Waals surface area contributed by atoms with Crippen LogP contribution in [-0.4, -0.2) is 17.9 Å². The summed E-state index contributed by atoms with van der Waals surface area (Å²) in [5, 5.41) is 3.31. The molecule has 2 unspecified atom stereocenters. The third-order valence-corrected chi connectivity index (χ3v) is 3.39. The van der Waals surface area contributed by atoms with E-state index >= 15 is 0 Å². The van der Waals surface area contributed by atoms with Gasteiger partial charge in [-0.05, 0) is 31.9 Å². The first-order chi connectivity index (χ1) is 8.58. The Morgan fingerprint density at radius 1 is 1.39 bits per heavy atom. The molecule has 0 spiro atoms. The van der Waals surface area contributed by atoms with Crippen LogP contribution in [0.15, 0.2) is 18.2 Å². The minimum Gasteiger partial charge on any atom is -0.311 e. The Hall–Kier alpha value is -1.29. The summed E-state index contributed by atoms with van der Waals surface area (Å²) in [6, 6.07) is 4.18. The fourth-order valence-corrected chi connectivity index (χ4v) is 2.45. The summed E-state index contributed by atoms with van der Waals surface area (Å²) in [7, 11) is 0. The zero-order valence-corrected chi connectivity index (χ0v) is 10.4. The highest BCUT2D eigenvalue weighted by Crippen LogP contribution is 2.19. The van der Waals surface area contributed by atoms with Gasteiger partial charge in [0.25, 0.3) is 0 Å². The molecule has 98 valence electrons. The van der Waals surface area contributed by atoms with Crippen LogP contribution in [0.1, 0.15) is 43.0 Å². The van der Waals surface area contributed by atoms with Crippen LogP contribution in [-0.2, 0) is 0 Å². The Morgan fingerprint density at radius 3 is 2.89 bits per heavy atom. The van der Waals surface area contributed by atoms with Crippen LogP contribution in [0, 0.1) is 11.6 Å². The Bertz CT molecular complexity index is 447. The summed E-state index contributed by atoms with van der Waals surface area (Å²) in [5.41, 5.74) is -0.143. The van der Waals surface area contributed by atoms with Gasteiger partial charge in [0.1, 0.15) is 0 Å². The molecule has 1 N–H and O–H groups in total. The van der Waals surface area contributed by atoms with Crippen LogP contribution < -0.4 is 5.32 Å². The zero-order valence-electron chi connectivity index (χ0n) is 10.4. The van der Waals surface area contributed by atoms with E-state index < -0.39 is 11.6 Å². The molecule has 0 aliphatic carbocycles. The molecule has 1 aromatic carbocycles. The van der Waals surface area contributed by atoms with E-state index in [0.29, 0.717) is 6.04 Å². The number of nitrogens with one attached hydrogen (secondary N) is 1.